The highest BCUT2D eigenvalue weighted by Crippen LogP contribution is 2.53. The van der Waals surface area contributed by atoms with Crippen molar-refractivity contribution < 1.29 is 102 Å². The largest absolute Gasteiger partial charge is 0.535 e. The summed E-state index contributed by atoms with van der Waals surface area (Å²) < 4.78 is 29.8. The Morgan fingerprint density at radius 1 is 0.541 bits per heavy atom. The van der Waals surface area contributed by atoms with E-state index in [2.05, 4.69) is 10.3 Å². The lowest BCUT2D eigenvalue weighted by Gasteiger charge is -2.35. The number of aromatic hydroxyl groups is 1. The van der Waals surface area contributed by atoms with E-state index in [4.69, 9.17) is 43.2 Å². The molecule has 6 aromatic carbocycles. The number of benzene rings is 6. The Bertz CT molecular complexity index is 6560. The van der Waals surface area contributed by atoms with E-state index in [0.717, 1.165) is 24.3 Å². The van der Waals surface area contributed by atoms with Gasteiger partial charge in [0, 0.05) is 91.7 Å². The molecule has 0 amide bonds. The zero-order valence-electron chi connectivity index (χ0n) is 62.6. The summed E-state index contributed by atoms with van der Waals surface area (Å²) in [4.78, 5) is 202. The number of carbonyl (C=O) groups excluding carboxylic acids is 5. The van der Waals surface area contributed by atoms with Gasteiger partial charge in [0.2, 0.25) is 24.4 Å². The van der Waals surface area contributed by atoms with Gasteiger partial charge in [-0.1, -0.05) is 36.3 Å². The molecule has 48 heteroatoms. The Balaban J connectivity index is 0.000000198. The fourth-order valence-corrected chi connectivity index (χ4v) is 15.6. The summed E-state index contributed by atoms with van der Waals surface area (Å²) in [5.41, 5.74) is -12.5. The van der Waals surface area contributed by atoms with Gasteiger partial charge >= 0.3 is 31.4 Å². The first-order valence-electron chi connectivity index (χ1n) is 35.4. The molecule has 0 bridgehead atoms. The van der Waals surface area contributed by atoms with Crippen molar-refractivity contribution in [3.8, 4) is 50.8 Å². The second-order valence-corrected chi connectivity index (χ2v) is 27.8. The molecule has 1 radical (unpaired) electrons. The number of nitrogens with zero attached hydrogens (tertiary/aromatic N) is 15. The van der Waals surface area contributed by atoms with Crippen LogP contribution in [-0.2, 0) is 101 Å². The fraction of sp³-hybridized carbons (Fsp3) is 0.203. The molecule has 2 aliphatic carbocycles. The number of cyclic esters (lactones) is 2. The molecule has 4 aromatic heterocycles. The van der Waals surface area contributed by atoms with E-state index < -0.39 is 213 Å². The minimum atomic E-state index is -2.20. The van der Waals surface area contributed by atoms with Crippen LogP contribution in [-0.4, -0.2) is 145 Å². The highest BCUT2D eigenvalue weighted by molar-refractivity contribution is 6.48. The van der Waals surface area contributed by atoms with E-state index in [0.29, 0.717) is 97.5 Å². The number of halogens is 1. The number of hydrogen-bond donors (Lipinski definition) is 1. The van der Waals surface area contributed by atoms with Gasteiger partial charge in [-0.05, 0) is 74.9 Å². The minimum Gasteiger partial charge on any atom is -0.535 e. The SMILES string of the molecule is CC[C@@]1(OC(=O)CON=C2c3cc([N+](=O)[O-])cc([N+](=O)[O-])c3-c3c2cc([N+](=O)[O-])cc3[N+](=O)[O-])C(=O)OCc2c1cc1n(c2=O)Cc2cc3c(CN(C)C)c(O)ccc3nc2-1.CC[C@@]1(OC(=O)CON=C2c3cc([N+](=O)[O-])cc([N+](=O)[O-])c3-c3c2cc([N+](=O)[O-])cc3[N+](=O)[O-])C(=O)OCc2c1cc1n(c2=O)Cc2cc3cc([B]OC=O)ccc3nc2-1.Cl. The summed E-state index contributed by atoms with van der Waals surface area (Å²) in [6.07, 6.45) is -0.488. The van der Waals surface area contributed by atoms with Crippen molar-refractivity contribution in [1.82, 2.24) is 24.0 Å². The quantitative estimate of drug-likeness (QED) is 0.0158. The lowest BCUT2D eigenvalue weighted by atomic mass is 9.85. The molecular formula is C74H50BClN15O31. The maximum absolute atomic E-state index is 14.1. The van der Waals surface area contributed by atoms with E-state index in [1.165, 1.54) is 48.7 Å². The Labute approximate surface area is 682 Å². The molecule has 4 aliphatic heterocycles. The Hall–Kier alpha value is -16.4. The molecule has 46 nitrogen and oxygen atoms in total. The Kier molecular flexibility index (Phi) is 20.8. The van der Waals surface area contributed by atoms with Gasteiger partial charge in [0.1, 0.15) is 30.4 Å². The Morgan fingerprint density at radius 3 is 1.30 bits per heavy atom. The molecule has 1 N–H and O–H groups in total. The zero-order valence-corrected chi connectivity index (χ0v) is 63.5. The van der Waals surface area contributed by atoms with E-state index in [-0.39, 0.29) is 72.8 Å². The van der Waals surface area contributed by atoms with Crippen LogP contribution in [0.25, 0.3) is 66.8 Å². The highest BCUT2D eigenvalue weighted by Gasteiger charge is 2.53. The third kappa shape index (κ3) is 13.6. The first kappa shape index (κ1) is 82.2. The summed E-state index contributed by atoms with van der Waals surface area (Å²) in [7, 11) is 4.95. The van der Waals surface area contributed by atoms with Crippen molar-refractivity contribution in [3.63, 3.8) is 0 Å². The maximum atomic E-state index is 14.1. The number of oxime groups is 2. The summed E-state index contributed by atoms with van der Waals surface area (Å²) in [5, 5.41) is 115. The molecule has 122 heavy (non-hydrogen) atoms. The second kappa shape index (κ2) is 30.9. The number of rotatable bonds is 23. The van der Waals surface area contributed by atoms with Gasteiger partial charge in [-0.15, -0.1) is 12.4 Å². The molecule has 16 rings (SSSR count). The van der Waals surface area contributed by atoms with E-state index in [1.54, 1.807) is 24.3 Å². The van der Waals surface area contributed by atoms with Crippen molar-refractivity contribution >= 4 is 134 Å². The van der Waals surface area contributed by atoms with Gasteiger partial charge < -0.3 is 52.4 Å². The van der Waals surface area contributed by atoms with Gasteiger partial charge in [-0.3, -0.25) is 95.3 Å². The van der Waals surface area contributed by atoms with Crippen LogP contribution in [0.5, 0.6) is 5.75 Å². The topological polar surface area (TPSA) is 613 Å². The van der Waals surface area contributed by atoms with Gasteiger partial charge in [-0.2, -0.15) is 0 Å². The predicted octanol–water partition coefficient (Wildman–Crippen LogP) is 8.03. The monoisotopic (exact) mass is 1690 g/mol. The summed E-state index contributed by atoms with van der Waals surface area (Å²) in [5.74, 6) is -4.49. The standard InChI is InChI=1S/C38H28N8O15.C36H21BN7O16.ClH/c1-4-38(25-12-29-34-17(13-42(29)36(49)24(25)15-59-37(38)50)7-20-23(14-41(2)3)30(47)6-5-26(20)39-34)61-31(48)16-60-40-35-21-8-18(43(51)52)10-27(45(55)56)32(21)33-22(35)9-19(44(53)54)11-28(33)46(57)58;1-2-36(24-11-28-32-17(12-40(28)34(47)23(24)13-57-35(36)48)5-16-6-18(37-58-15-45)3-4-25(16)38-32)60-29(46)14-59-39-33-21-7-19(41(49)50)9-26(43(53)54)30(21)31-22(33)8-20(42(51)52)10-27(31)44(55)56;/h5-12,47H,4,13-16H2,1-3H3;3-11,15H,2,12-14H2,1H3;1H/t38-;36-;/m00./s1. The second-order valence-electron chi connectivity index (χ2n) is 27.8. The summed E-state index contributed by atoms with van der Waals surface area (Å²) in [6, 6.07) is 20.3. The van der Waals surface area contributed by atoms with E-state index >= 15 is 0 Å². The fourth-order valence-electron chi connectivity index (χ4n) is 15.6. The van der Waals surface area contributed by atoms with Crippen molar-refractivity contribution in [3.05, 3.63) is 266 Å². The predicted molar refractivity (Wildman–Crippen MR) is 416 cm³/mol. The van der Waals surface area contributed by atoms with Gasteiger partial charge in [0.15, 0.2) is 0 Å². The molecule has 0 fully saturated rings. The number of aromatic nitrogens is 4. The maximum Gasteiger partial charge on any atom is 0.412 e. The third-order valence-electron chi connectivity index (χ3n) is 20.8. The number of carbonyl (C=O) groups is 5. The van der Waals surface area contributed by atoms with Gasteiger partial charge in [0.05, 0.1) is 144 Å². The van der Waals surface area contributed by atoms with Crippen molar-refractivity contribution in [1.29, 1.82) is 0 Å². The number of nitro benzene ring substituents is 8. The van der Waals surface area contributed by atoms with Crippen LogP contribution in [0.2, 0.25) is 0 Å². The zero-order chi connectivity index (χ0) is 86.6. The molecular weight excluding hydrogens is 1640 g/mol. The van der Waals surface area contributed by atoms with Crippen molar-refractivity contribution in [2.75, 3.05) is 27.3 Å². The number of hydrogen-bond acceptors (Lipinski definition) is 36. The van der Waals surface area contributed by atoms with Crippen LogP contribution in [0.1, 0.15) is 87.9 Å². The summed E-state index contributed by atoms with van der Waals surface area (Å²) in [6.45, 7) is 0.738. The van der Waals surface area contributed by atoms with Crippen LogP contribution in [0, 0.1) is 80.9 Å². The van der Waals surface area contributed by atoms with Crippen LogP contribution in [0.3, 0.4) is 0 Å². The molecule has 0 saturated heterocycles. The van der Waals surface area contributed by atoms with Crippen LogP contribution >= 0.6 is 12.4 Å². The summed E-state index contributed by atoms with van der Waals surface area (Å²) >= 11 is 0. The third-order valence-corrected chi connectivity index (χ3v) is 20.8. The lowest BCUT2D eigenvalue weighted by Crippen LogP contribution is -2.48. The number of nitro groups is 8. The van der Waals surface area contributed by atoms with Gasteiger partial charge in [0.25, 0.3) is 63.1 Å². The molecule has 10 aromatic rings. The average Bonchev–Trinajstić information content (AvgIpc) is 1.49. The smallest absolute Gasteiger partial charge is 0.412 e. The first-order chi connectivity index (χ1) is 57.6. The average molecular weight is 1690 g/mol. The van der Waals surface area contributed by atoms with Crippen LogP contribution in [0.15, 0.2) is 123 Å². The number of ether oxygens (including phenoxy) is 4. The minimum absolute atomic E-state index is 0. The van der Waals surface area contributed by atoms with Crippen molar-refractivity contribution in [2.24, 2.45) is 10.3 Å². The van der Waals surface area contributed by atoms with E-state index in [1.807, 2.05) is 31.1 Å². The number of phenols is 1. The molecule has 2 atom stereocenters. The molecule has 0 unspecified atom stereocenters. The number of esters is 4. The molecule has 6 aliphatic rings. The molecule has 0 saturated carbocycles. The number of phenolic OH excluding ortho intramolecular Hbond substituents is 1. The Morgan fingerprint density at radius 2 is 0.926 bits per heavy atom. The normalized spacial score (nSPS) is 15.4. The van der Waals surface area contributed by atoms with Crippen LogP contribution < -0.4 is 16.6 Å². The van der Waals surface area contributed by atoms with Gasteiger partial charge in [-0.25, -0.2) is 29.1 Å². The highest BCUT2D eigenvalue weighted by atomic mass is 35.5. The van der Waals surface area contributed by atoms with Crippen LogP contribution in [0.4, 0.5) is 45.5 Å². The number of non-ortho nitro benzene ring substituents is 4. The molecule has 0 spiro atoms. The van der Waals surface area contributed by atoms with Crippen molar-refractivity contribution in [2.45, 2.75) is 70.7 Å². The lowest BCUT2D eigenvalue weighted by molar-refractivity contribution is -0.395. The number of pyridine rings is 4. The molecule has 617 valence electrons. The molecule has 8 heterocycles. The van der Waals surface area contributed by atoms with E-state index in [9.17, 15) is 120 Å². The first-order valence-corrected chi connectivity index (χ1v) is 35.4. The number of fused-ring (bicyclic) bond motifs is 16.